The van der Waals surface area contributed by atoms with Crippen molar-refractivity contribution in [3.05, 3.63) is 54.1 Å². The topological polar surface area (TPSA) is 46.5 Å². The van der Waals surface area contributed by atoms with E-state index >= 15 is 0 Å². The predicted octanol–water partition coefficient (Wildman–Crippen LogP) is 4.42. The van der Waals surface area contributed by atoms with Crippen LogP contribution in [0.2, 0.25) is 0 Å². The van der Waals surface area contributed by atoms with Crippen LogP contribution in [0.1, 0.15) is 38.2 Å². The smallest absolute Gasteiger partial charge is 0.224 e. The minimum Gasteiger partial charge on any atom is -0.251 e. The molecular formula is C19H19NO2S. The zero-order valence-corrected chi connectivity index (χ0v) is 13.9. The Morgan fingerprint density at radius 1 is 0.957 bits per heavy atom. The molecular weight excluding hydrogens is 306 g/mol. The zero-order chi connectivity index (χ0) is 16.2. The lowest BCUT2D eigenvalue weighted by atomic mass is 9.99. The molecule has 2 aromatic rings. The van der Waals surface area contributed by atoms with E-state index in [0.717, 1.165) is 41.6 Å². The molecule has 0 amide bonds. The maximum absolute atomic E-state index is 11.7. The fourth-order valence-electron chi connectivity index (χ4n) is 2.88. The largest absolute Gasteiger partial charge is 0.251 e. The number of nitrogens with zero attached hydrogens (tertiary/aromatic N) is 1. The second-order valence-corrected chi connectivity index (χ2v) is 6.56. The first-order valence-electron chi connectivity index (χ1n) is 7.94. The molecule has 0 N–H and O–H groups in total. The number of benzene rings is 2. The molecule has 0 radical (unpaired) electrons. The van der Waals surface area contributed by atoms with E-state index in [-0.39, 0.29) is 0 Å². The Hall–Kier alpha value is -2.20. The second-order valence-electron chi connectivity index (χ2n) is 5.68. The summed E-state index contributed by atoms with van der Waals surface area (Å²) < 4.78 is 23.5. The molecule has 118 valence electrons. The van der Waals surface area contributed by atoms with Crippen molar-refractivity contribution in [3.63, 3.8) is 0 Å². The van der Waals surface area contributed by atoms with Crippen molar-refractivity contribution < 1.29 is 8.42 Å². The number of rotatable bonds is 5. The average Bonchev–Trinajstić information content (AvgIpc) is 2.93. The normalized spacial score (nSPS) is 12.9. The molecule has 3 rings (SSSR count). The highest BCUT2D eigenvalue weighted by Crippen LogP contribution is 2.32. The van der Waals surface area contributed by atoms with Gasteiger partial charge in [-0.1, -0.05) is 56.2 Å². The summed E-state index contributed by atoms with van der Waals surface area (Å²) in [7, 11) is -2.27. The van der Waals surface area contributed by atoms with Gasteiger partial charge in [-0.25, -0.2) is 0 Å². The van der Waals surface area contributed by atoms with Crippen LogP contribution in [-0.4, -0.2) is 19.0 Å². The van der Waals surface area contributed by atoms with Crippen LogP contribution in [0.5, 0.6) is 0 Å². The van der Waals surface area contributed by atoms with Gasteiger partial charge in [-0.05, 0) is 36.1 Å². The number of unbranched alkanes of at least 4 members (excludes halogenated alkanes) is 2. The van der Waals surface area contributed by atoms with E-state index in [9.17, 15) is 8.42 Å². The molecule has 0 aromatic heterocycles. The summed E-state index contributed by atoms with van der Waals surface area (Å²) in [6, 6.07) is 15.8. The van der Waals surface area contributed by atoms with Crippen molar-refractivity contribution in [3.8, 4) is 11.1 Å². The first-order chi connectivity index (χ1) is 11.2. The van der Waals surface area contributed by atoms with Crippen molar-refractivity contribution in [2.45, 2.75) is 32.6 Å². The average molecular weight is 325 g/mol. The van der Waals surface area contributed by atoms with Crippen LogP contribution in [0.3, 0.4) is 0 Å². The highest BCUT2D eigenvalue weighted by molar-refractivity contribution is 7.75. The Labute approximate surface area is 138 Å². The number of fused-ring (bicyclic) bond motifs is 1. The quantitative estimate of drug-likeness (QED) is 0.603. The van der Waals surface area contributed by atoms with Crippen LogP contribution in [0.4, 0.5) is 5.69 Å². The van der Waals surface area contributed by atoms with Gasteiger partial charge in [-0.3, -0.25) is 4.99 Å². The molecule has 3 nitrogen and oxygen atoms in total. The van der Waals surface area contributed by atoms with Gasteiger partial charge in [0, 0.05) is 5.56 Å². The van der Waals surface area contributed by atoms with Crippen molar-refractivity contribution >= 4 is 26.6 Å². The number of hydrogen-bond acceptors (Lipinski definition) is 3. The van der Waals surface area contributed by atoms with E-state index in [0.29, 0.717) is 17.0 Å². The number of aliphatic imine (C=N–C) groups is 1. The van der Waals surface area contributed by atoms with Gasteiger partial charge < -0.3 is 0 Å². The van der Waals surface area contributed by atoms with Crippen molar-refractivity contribution in [2.24, 2.45) is 4.99 Å². The fourth-order valence-corrected chi connectivity index (χ4v) is 3.56. The summed E-state index contributed by atoms with van der Waals surface area (Å²) in [4.78, 5) is 4.92. The third kappa shape index (κ3) is 3.27. The first kappa shape index (κ1) is 15.7. The van der Waals surface area contributed by atoms with Gasteiger partial charge in [-0.2, -0.15) is 8.42 Å². The molecule has 0 saturated heterocycles. The molecule has 0 atom stereocenters. The maximum Gasteiger partial charge on any atom is 0.224 e. The monoisotopic (exact) mass is 325 g/mol. The summed E-state index contributed by atoms with van der Waals surface area (Å²) in [5.41, 5.74) is 4.27. The molecule has 0 bridgehead atoms. The van der Waals surface area contributed by atoms with E-state index in [1.807, 2.05) is 48.5 Å². The van der Waals surface area contributed by atoms with Crippen molar-refractivity contribution in [1.29, 1.82) is 0 Å². The summed E-state index contributed by atoms with van der Waals surface area (Å²) in [5.74, 6) is 0. The SMILES string of the molecule is CCCCCC1=Nc2ccc(-c3ccccc3)cc2C1=S(=O)=O. The first-order valence-corrected chi connectivity index (χ1v) is 9.02. The Morgan fingerprint density at radius 3 is 2.43 bits per heavy atom. The van der Waals surface area contributed by atoms with Crippen LogP contribution < -0.4 is 0 Å². The summed E-state index contributed by atoms with van der Waals surface area (Å²) >= 11 is 0. The Kier molecular flexibility index (Phi) is 4.72. The molecule has 1 aliphatic heterocycles. The molecule has 0 aliphatic carbocycles. The lowest BCUT2D eigenvalue weighted by molar-refractivity contribution is 0.627. The highest BCUT2D eigenvalue weighted by Gasteiger charge is 2.24. The van der Waals surface area contributed by atoms with Crippen molar-refractivity contribution in [1.82, 2.24) is 0 Å². The van der Waals surface area contributed by atoms with Gasteiger partial charge in [-0.15, -0.1) is 0 Å². The molecule has 1 aliphatic rings. The van der Waals surface area contributed by atoms with E-state index in [2.05, 4.69) is 11.9 Å². The molecule has 0 saturated carbocycles. The third-order valence-corrected chi connectivity index (χ3v) is 4.84. The fraction of sp³-hybridized carbons (Fsp3) is 0.263. The Balaban J connectivity index is 2.00. The summed E-state index contributed by atoms with van der Waals surface area (Å²) in [6.07, 6.45) is 3.87. The van der Waals surface area contributed by atoms with Crippen LogP contribution in [0, 0.1) is 0 Å². The molecule has 2 aromatic carbocycles. The summed E-state index contributed by atoms with van der Waals surface area (Å²) in [6.45, 7) is 2.13. The molecule has 1 heterocycles. The summed E-state index contributed by atoms with van der Waals surface area (Å²) in [5, 5.41) is 0. The predicted molar refractivity (Wildman–Crippen MR) is 96.1 cm³/mol. The second kappa shape index (κ2) is 6.92. The molecule has 0 spiro atoms. The highest BCUT2D eigenvalue weighted by atomic mass is 32.2. The molecule has 0 fully saturated rings. The molecule has 4 heteroatoms. The zero-order valence-electron chi connectivity index (χ0n) is 13.1. The van der Waals surface area contributed by atoms with Gasteiger partial charge in [0.2, 0.25) is 10.3 Å². The van der Waals surface area contributed by atoms with E-state index in [1.54, 1.807) is 0 Å². The van der Waals surface area contributed by atoms with Gasteiger partial charge in [0.15, 0.2) is 0 Å². The van der Waals surface area contributed by atoms with Crippen LogP contribution in [-0.2, 0) is 10.3 Å². The van der Waals surface area contributed by atoms with Crippen molar-refractivity contribution in [2.75, 3.05) is 0 Å². The van der Waals surface area contributed by atoms with E-state index in [4.69, 9.17) is 0 Å². The van der Waals surface area contributed by atoms with E-state index < -0.39 is 10.3 Å². The van der Waals surface area contributed by atoms with Gasteiger partial charge in [0.1, 0.15) is 4.86 Å². The van der Waals surface area contributed by atoms with Gasteiger partial charge in [0.25, 0.3) is 0 Å². The van der Waals surface area contributed by atoms with Crippen LogP contribution >= 0.6 is 0 Å². The van der Waals surface area contributed by atoms with Crippen LogP contribution in [0.25, 0.3) is 11.1 Å². The van der Waals surface area contributed by atoms with Gasteiger partial charge >= 0.3 is 0 Å². The molecule has 23 heavy (non-hydrogen) atoms. The standard InChI is InChI=1S/C19H19NO2S/c1-2-3-5-10-18-19(23(21)22)16-13-15(11-12-17(16)20-18)14-8-6-4-7-9-14/h4,6-9,11-13H,2-3,5,10H2,1H3. The lowest BCUT2D eigenvalue weighted by Crippen LogP contribution is -2.12. The Morgan fingerprint density at radius 2 is 1.74 bits per heavy atom. The van der Waals surface area contributed by atoms with Crippen LogP contribution in [0.15, 0.2) is 53.5 Å². The lowest BCUT2D eigenvalue weighted by Gasteiger charge is -2.04. The number of hydrogen-bond donors (Lipinski definition) is 0. The minimum absolute atomic E-state index is 0.369. The minimum atomic E-state index is -2.27. The third-order valence-electron chi connectivity index (χ3n) is 4.05. The van der Waals surface area contributed by atoms with Gasteiger partial charge in [0.05, 0.1) is 11.4 Å². The molecule has 0 unspecified atom stereocenters. The Bertz CT molecular complexity index is 873. The maximum atomic E-state index is 11.7. The van der Waals surface area contributed by atoms with E-state index in [1.165, 1.54) is 0 Å².